The Morgan fingerprint density at radius 1 is 1.03 bits per heavy atom. The van der Waals surface area contributed by atoms with Gasteiger partial charge in [-0.15, -0.1) is 11.8 Å². The van der Waals surface area contributed by atoms with E-state index in [1.807, 2.05) is 36.1 Å². The van der Waals surface area contributed by atoms with E-state index in [0.717, 1.165) is 36.3 Å². The average molecular weight is 460 g/mol. The standard InChI is InChI=1S/C25H37N3O3S/c1-3-5-6-7-8-9-14-22(29)27-17-15-19(16-18-27)26-24(30)23-25(31)28(4-2)20-12-10-11-13-21(20)32-23/h10-13,19,23H,3-9,14-18H2,1-2H3,(H,26,30). The quantitative estimate of drug-likeness (QED) is 0.417. The number of benzene rings is 1. The molecular formula is C25H37N3O3S. The van der Waals surface area contributed by atoms with Crippen LogP contribution in [0.1, 0.15) is 71.6 Å². The second-order valence-electron chi connectivity index (χ2n) is 8.73. The SMILES string of the molecule is CCCCCCCCC(=O)N1CCC(NC(=O)C2Sc3ccccc3N(CC)C2=O)CC1. The van der Waals surface area contributed by atoms with Gasteiger partial charge in [-0.05, 0) is 38.3 Å². The van der Waals surface area contributed by atoms with Gasteiger partial charge in [-0.3, -0.25) is 14.4 Å². The number of likely N-dealkylation sites (tertiary alicyclic amines) is 1. The molecule has 32 heavy (non-hydrogen) atoms. The molecule has 7 heteroatoms. The highest BCUT2D eigenvalue weighted by Gasteiger charge is 2.38. The summed E-state index contributed by atoms with van der Waals surface area (Å²) in [6.07, 6.45) is 9.21. The fourth-order valence-corrected chi connectivity index (χ4v) is 5.59. The Bertz CT molecular complexity index is 792. The predicted octanol–water partition coefficient (Wildman–Crippen LogP) is 4.37. The summed E-state index contributed by atoms with van der Waals surface area (Å²) in [5.74, 6) is -0.136. The van der Waals surface area contributed by atoms with E-state index in [4.69, 9.17) is 0 Å². The molecule has 2 aliphatic heterocycles. The van der Waals surface area contributed by atoms with Gasteiger partial charge in [-0.2, -0.15) is 0 Å². The number of rotatable bonds is 10. The van der Waals surface area contributed by atoms with Gasteiger partial charge in [-0.25, -0.2) is 0 Å². The summed E-state index contributed by atoms with van der Waals surface area (Å²) in [4.78, 5) is 42.9. The van der Waals surface area contributed by atoms with Crippen molar-refractivity contribution in [2.75, 3.05) is 24.5 Å². The average Bonchev–Trinajstić information content (AvgIpc) is 2.81. The molecule has 0 aromatic heterocycles. The van der Waals surface area contributed by atoms with E-state index < -0.39 is 5.25 Å². The molecule has 0 radical (unpaired) electrons. The van der Waals surface area contributed by atoms with Crippen molar-refractivity contribution in [3.63, 3.8) is 0 Å². The lowest BCUT2D eigenvalue weighted by atomic mass is 10.0. The minimum atomic E-state index is -0.753. The fourth-order valence-electron chi connectivity index (χ4n) is 4.47. The van der Waals surface area contributed by atoms with E-state index in [2.05, 4.69) is 12.2 Å². The maximum absolute atomic E-state index is 13.0. The van der Waals surface area contributed by atoms with Gasteiger partial charge in [0.25, 0.3) is 0 Å². The number of amides is 3. The summed E-state index contributed by atoms with van der Waals surface area (Å²) in [6.45, 7) is 6.03. The fraction of sp³-hybridized carbons (Fsp3) is 0.640. The molecule has 1 N–H and O–H groups in total. The normalized spacial score (nSPS) is 19.1. The van der Waals surface area contributed by atoms with Crippen molar-refractivity contribution in [1.82, 2.24) is 10.2 Å². The van der Waals surface area contributed by atoms with Crippen LogP contribution < -0.4 is 10.2 Å². The van der Waals surface area contributed by atoms with Crippen LogP contribution in [-0.4, -0.2) is 53.5 Å². The van der Waals surface area contributed by atoms with Crippen LogP contribution in [0.4, 0.5) is 5.69 Å². The molecule has 1 unspecified atom stereocenters. The summed E-state index contributed by atoms with van der Waals surface area (Å²) >= 11 is 1.33. The van der Waals surface area contributed by atoms with E-state index in [0.29, 0.717) is 26.1 Å². The molecule has 176 valence electrons. The number of hydrogen-bond acceptors (Lipinski definition) is 4. The molecule has 2 heterocycles. The van der Waals surface area contributed by atoms with Crippen molar-refractivity contribution >= 4 is 35.2 Å². The third kappa shape index (κ3) is 6.27. The number of fused-ring (bicyclic) bond motifs is 1. The minimum Gasteiger partial charge on any atom is -0.352 e. The first-order valence-electron chi connectivity index (χ1n) is 12.2. The summed E-state index contributed by atoms with van der Waals surface area (Å²) in [5, 5.41) is 2.33. The summed E-state index contributed by atoms with van der Waals surface area (Å²) < 4.78 is 0. The van der Waals surface area contributed by atoms with Crippen LogP contribution in [0.5, 0.6) is 0 Å². The first-order valence-corrected chi connectivity index (χ1v) is 13.1. The summed E-state index contributed by atoms with van der Waals surface area (Å²) in [7, 11) is 0. The van der Waals surface area contributed by atoms with Crippen molar-refractivity contribution in [2.45, 2.75) is 87.8 Å². The molecule has 3 amide bonds. The zero-order valence-electron chi connectivity index (χ0n) is 19.5. The Balaban J connectivity index is 1.43. The summed E-state index contributed by atoms with van der Waals surface area (Å²) in [5.41, 5.74) is 0.881. The highest BCUT2D eigenvalue weighted by atomic mass is 32.2. The maximum atomic E-state index is 13.0. The number of nitrogens with zero attached hydrogens (tertiary/aromatic N) is 2. The molecule has 0 saturated carbocycles. The van der Waals surface area contributed by atoms with Crippen molar-refractivity contribution in [3.05, 3.63) is 24.3 Å². The zero-order valence-corrected chi connectivity index (χ0v) is 20.3. The molecule has 1 atom stereocenters. The number of carbonyl (C=O) groups is 3. The minimum absolute atomic E-state index is 0.0150. The third-order valence-electron chi connectivity index (χ3n) is 6.38. The molecule has 2 aliphatic rings. The Labute approximate surface area is 196 Å². The lowest BCUT2D eigenvalue weighted by Gasteiger charge is -2.35. The monoisotopic (exact) mass is 459 g/mol. The molecule has 1 aromatic rings. The second kappa shape index (κ2) is 12.3. The van der Waals surface area contributed by atoms with E-state index in [1.54, 1.807) is 4.90 Å². The highest BCUT2D eigenvalue weighted by Crippen LogP contribution is 2.39. The number of piperidine rings is 1. The molecule has 1 saturated heterocycles. The van der Waals surface area contributed by atoms with Crippen LogP contribution in [0.3, 0.4) is 0 Å². The van der Waals surface area contributed by atoms with E-state index in [-0.39, 0.29) is 23.8 Å². The van der Waals surface area contributed by atoms with Gasteiger partial charge in [0.2, 0.25) is 17.7 Å². The Morgan fingerprint density at radius 3 is 2.44 bits per heavy atom. The van der Waals surface area contributed by atoms with Gasteiger partial charge < -0.3 is 15.1 Å². The first-order chi connectivity index (χ1) is 15.5. The second-order valence-corrected chi connectivity index (χ2v) is 9.88. The lowest BCUT2D eigenvalue weighted by Crippen LogP contribution is -2.52. The maximum Gasteiger partial charge on any atom is 0.250 e. The molecule has 0 spiro atoms. The number of unbranched alkanes of at least 4 members (excludes halogenated alkanes) is 5. The molecule has 0 aliphatic carbocycles. The van der Waals surface area contributed by atoms with Crippen LogP contribution >= 0.6 is 11.8 Å². The van der Waals surface area contributed by atoms with Crippen LogP contribution in [-0.2, 0) is 14.4 Å². The molecule has 1 aromatic carbocycles. The van der Waals surface area contributed by atoms with Crippen molar-refractivity contribution in [2.24, 2.45) is 0 Å². The number of nitrogens with one attached hydrogen (secondary N) is 1. The van der Waals surface area contributed by atoms with E-state index >= 15 is 0 Å². The van der Waals surface area contributed by atoms with Gasteiger partial charge in [0.05, 0.1) is 5.69 Å². The van der Waals surface area contributed by atoms with Gasteiger partial charge in [0, 0.05) is 37.0 Å². The predicted molar refractivity (Wildman–Crippen MR) is 130 cm³/mol. The number of carbonyl (C=O) groups excluding carboxylic acids is 3. The molecule has 6 nitrogen and oxygen atoms in total. The highest BCUT2D eigenvalue weighted by molar-refractivity contribution is 8.01. The molecule has 0 bridgehead atoms. The topological polar surface area (TPSA) is 69.7 Å². The van der Waals surface area contributed by atoms with E-state index in [1.165, 1.54) is 37.4 Å². The number of thioether (sulfide) groups is 1. The van der Waals surface area contributed by atoms with Gasteiger partial charge >= 0.3 is 0 Å². The zero-order chi connectivity index (χ0) is 22.9. The first kappa shape index (κ1) is 24.6. The Morgan fingerprint density at radius 2 is 1.72 bits per heavy atom. The lowest BCUT2D eigenvalue weighted by molar-refractivity contribution is -0.132. The van der Waals surface area contributed by atoms with Crippen LogP contribution in [0, 0.1) is 0 Å². The number of anilines is 1. The molecule has 1 fully saturated rings. The van der Waals surface area contributed by atoms with Crippen molar-refractivity contribution < 1.29 is 14.4 Å². The number of para-hydroxylation sites is 1. The van der Waals surface area contributed by atoms with Crippen LogP contribution in [0.2, 0.25) is 0 Å². The largest absolute Gasteiger partial charge is 0.352 e. The van der Waals surface area contributed by atoms with Gasteiger partial charge in [0.1, 0.15) is 0 Å². The van der Waals surface area contributed by atoms with E-state index in [9.17, 15) is 14.4 Å². The third-order valence-corrected chi connectivity index (χ3v) is 7.63. The van der Waals surface area contributed by atoms with Crippen molar-refractivity contribution in [1.29, 1.82) is 0 Å². The van der Waals surface area contributed by atoms with Gasteiger partial charge in [0.15, 0.2) is 5.25 Å². The van der Waals surface area contributed by atoms with Gasteiger partial charge in [-0.1, -0.05) is 51.2 Å². The van der Waals surface area contributed by atoms with Crippen LogP contribution in [0.25, 0.3) is 0 Å². The Kier molecular flexibility index (Phi) is 9.45. The summed E-state index contributed by atoms with van der Waals surface area (Å²) in [6, 6.07) is 7.75. The van der Waals surface area contributed by atoms with Crippen molar-refractivity contribution in [3.8, 4) is 0 Å². The smallest absolute Gasteiger partial charge is 0.250 e. The number of hydrogen-bond donors (Lipinski definition) is 1. The molecule has 3 rings (SSSR count). The van der Waals surface area contributed by atoms with Crippen LogP contribution in [0.15, 0.2) is 29.2 Å². The molecular weight excluding hydrogens is 422 g/mol. The Hall–Kier alpha value is -2.02.